The molecule has 7 nitrogen and oxygen atoms in total. The van der Waals surface area contributed by atoms with Gasteiger partial charge < -0.3 is 5.32 Å². The number of amides is 3. The van der Waals surface area contributed by atoms with Gasteiger partial charge in [0.2, 0.25) is 0 Å². The fourth-order valence-electron chi connectivity index (χ4n) is 3.48. The van der Waals surface area contributed by atoms with Crippen molar-refractivity contribution in [1.82, 2.24) is 20.0 Å². The van der Waals surface area contributed by atoms with Crippen molar-refractivity contribution in [2.75, 3.05) is 6.54 Å². The lowest BCUT2D eigenvalue weighted by molar-refractivity contribution is -0.122. The van der Waals surface area contributed by atoms with Crippen LogP contribution in [0.4, 0.5) is 4.79 Å². The Balaban J connectivity index is 1.89. The predicted octanol–water partition coefficient (Wildman–Crippen LogP) is 6.41. The molecule has 0 radical (unpaired) electrons. The van der Waals surface area contributed by atoms with Crippen molar-refractivity contribution in [3.05, 3.63) is 89.2 Å². The molecule has 0 bridgehead atoms. The Bertz CT molecular complexity index is 1450. The van der Waals surface area contributed by atoms with Gasteiger partial charge in [0.1, 0.15) is 11.4 Å². The van der Waals surface area contributed by atoms with Crippen molar-refractivity contribution in [1.29, 1.82) is 0 Å². The van der Waals surface area contributed by atoms with E-state index in [0.29, 0.717) is 20.8 Å². The third-order valence-electron chi connectivity index (χ3n) is 5.20. The molecule has 1 saturated heterocycles. The lowest BCUT2D eigenvalue weighted by atomic mass is 10.1. The van der Waals surface area contributed by atoms with Gasteiger partial charge in [0.15, 0.2) is 0 Å². The van der Waals surface area contributed by atoms with Gasteiger partial charge in [-0.05, 0) is 44.2 Å². The molecule has 0 saturated carbocycles. The number of urea groups is 1. The van der Waals surface area contributed by atoms with Crippen molar-refractivity contribution in [3.63, 3.8) is 0 Å². The number of hydrogen-bond donors (Lipinski definition) is 2. The van der Waals surface area contributed by atoms with Gasteiger partial charge in [-0.15, -0.1) is 0 Å². The standard InChI is InChI=1S/C24H18BrCl3N4O3/c1-12(2)7-8-31-23(34)19(29-24(31)35)11-16-20(13-3-5-15(26)6-4-13)30-32(22(16)33)21-17(27)9-14(25)10-18(21)28/h3-7,9-11,30H,8H2,1-2H3,(H,29,35). The molecule has 2 N–H and O–H groups in total. The molecule has 1 aliphatic rings. The fraction of sp³-hybridized carbons (Fsp3) is 0.125. The second kappa shape index (κ2) is 10.1. The monoisotopic (exact) mass is 594 g/mol. The highest BCUT2D eigenvalue weighted by atomic mass is 79.9. The summed E-state index contributed by atoms with van der Waals surface area (Å²) in [4.78, 5) is 40.0. The Morgan fingerprint density at radius 3 is 2.26 bits per heavy atom. The van der Waals surface area contributed by atoms with Crippen LogP contribution in [0.25, 0.3) is 23.0 Å². The molecule has 1 aromatic heterocycles. The summed E-state index contributed by atoms with van der Waals surface area (Å²) in [6.45, 7) is 3.86. The number of H-pyrrole nitrogens is 1. The average molecular weight is 597 g/mol. The minimum atomic E-state index is -0.568. The van der Waals surface area contributed by atoms with Crippen LogP contribution in [0, 0.1) is 0 Å². The highest BCUT2D eigenvalue weighted by Crippen LogP contribution is 2.33. The van der Waals surface area contributed by atoms with Crippen LogP contribution in [0.5, 0.6) is 0 Å². The molecular weight excluding hydrogens is 579 g/mol. The second-order valence-electron chi connectivity index (χ2n) is 7.95. The minimum absolute atomic E-state index is 0.0244. The number of carbonyl (C=O) groups excluding carboxylic acids is 2. The van der Waals surface area contributed by atoms with Crippen molar-refractivity contribution >= 4 is 68.7 Å². The van der Waals surface area contributed by atoms with E-state index in [2.05, 4.69) is 26.3 Å². The molecule has 11 heteroatoms. The molecule has 0 unspecified atom stereocenters. The number of nitrogens with zero attached hydrogens (tertiary/aromatic N) is 2. The summed E-state index contributed by atoms with van der Waals surface area (Å²) >= 11 is 22.2. The number of hydrogen-bond acceptors (Lipinski definition) is 3. The number of nitrogens with one attached hydrogen (secondary N) is 2. The molecule has 2 heterocycles. The van der Waals surface area contributed by atoms with Crippen LogP contribution in [-0.2, 0) is 4.79 Å². The van der Waals surface area contributed by atoms with Crippen LogP contribution in [0.3, 0.4) is 0 Å². The van der Waals surface area contributed by atoms with E-state index in [-0.39, 0.29) is 33.5 Å². The van der Waals surface area contributed by atoms with Gasteiger partial charge in [-0.1, -0.05) is 74.5 Å². The summed E-state index contributed by atoms with van der Waals surface area (Å²) in [6, 6.07) is 9.44. The zero-order valence-corrected chi connectivity index (χ0v) is 22.3. The Morgan fingerprint density at radius 2 is 1.66 bits per heavy atom. The van der Waals surface area contributed by atoms with Crippen LogP contribution in [0.2, 0.25) is 15.1 Å². The van der Waals surface area contributed by atoms with Crippen LogP contribution in [0.15, 0.2) is 63.0 Å². The number of rotatable bonds is 5. The number of aromatic nitrogens is 2. The zero-order valence-electron chi connectivity index (χ0n) is 18.5. The normalized spacial score (nSPS) is 14.6. The molecule has 3 aromatic rings. The van der Waals surface area contributed by atoms with E-state index < -0.39 is 17.5 Å². The number of carbonyl (C=O) groups is 2. The number of halogens is 4. The Hall–Kier alpha value is -2.78. The smallest absolute Gasteiger partial charge is 0.303 e. The first-order valence-electron chi connectivity index (χ1n) is 10.3. The predicted molar refractivity (Wildman–Crippen MR) is 142 cm³/mol. The van der Waals surface area contributed by atoms with E-state index in [9.17, 15) is 14.4 Å². The third kappa shape index (κ3) is 5.11. The minimum Gasteiger partial charge on any atom is -0.303 e. The van der Waals surface area contributed by atoms with Crippen molar-refractivity contribution < 1.29 is 9.59 Å². The van der Waals surface area contributed by atoms with Gasteiger partial charge >= 0.3 is 6.03 Å². The largest absolute Gasteiger partial charge is 0.329 e. The highest BCUT2D eigenvalue weighted by molar-refractivity contribution is 9.10. The molecule has 0 spiro atoms. The van der Waals surface area contributed by atoms with E-state index in [4.69, 9.17) is 34.8 Å². The first-order valence-corrected chi connectivity index (χ1v) is 12.2. The molecule has 180 valence electrons. The summed E-state index contributed by atoms with van der Waals surface area (Å²) in [6.07, 6.45) is 3.11. The average Bonchev–Trinajstić information content (AvgIpc) is 3.23. The van der Waals surface area contributed by atoms with E-state index >= 15 is 0 Å². The number of benzene rings is 2. The SMILES string of the molecule is CC(C)=CCN1C(=O)NC(=Cc2c(-c3ccc(Cl)cc3)[nH]n(-c3c(Cl)cc(Br)cc3Cl)c2=O)C1=O. The molecule has 4 rings (SSSR count). The molecule has 35 heavy (non-hydrogen) atoms. The van der Waals surface area contributed by atoms with Gasteiger partial charge in [0.05, 0.1) is 21.3 Å². The zero-order chi connectivity index (χ0) is 25.4. The van der Waals surface area contributed by atoms with Crippen molar-refractivity contribution in [2.24, 2.45) is 0 Å². The van der Waals surface area contributed by atoms with Gasteiger partial charge in [-0.25, -0.2) is 9.48 Å². The van der Waals surface area contributed by atoms with E-state index in [1.165, 1.54) is 10.8 Å². The molecule has 0 aliphatic carbocycles. The molecule has 3 amide bonds. The first kappa shape index (κ1) is 25.3. The summed E-state index contributed by atoms with van der Waals surface area (Å²) in [5.74, 6) is -0.540. The maximum atomic E-state index is 13.6. The van der Waals surface area contributed by atoms with Crippen molar-refractivity contribution in [2.45, 2.75) is 13.8 Å². The van der Waals surface area contributed by atoms with E-state index in [0.717, 1.165) is 10.5 Å². The summed E-state index contributed by atoms with van der Waals surface area (Å²) in [5, 5.41) is 6.56. The highest BCUT2D eigenvalue weighted by Gasteiger charge is 2.33. The number of imide groups is 1. The molecule has 0 atom stereocenters. The lowest BCUT2D eigenvalue weighted by Crippen LogP contribution is -2.31. The summed E-state index contributed by atoms with van der Waals surface area (Å²) < 4.78 is 1.85. The lowest BCUT2D eigenvalue weighted by Gasteiger charge is -2.08. The quantitative estimate of drug-likeness (QED) is 0.203. The van der Waals surface area contributed by atoms with Crippen LogP contribution in [-0.4, -0.2) is 33.2 Å². The second-order valence-corrected chi connectivity index (χ2v) is 10.1. The Labute approximate surface area is 224 Å². The Morgan fingerprint density at radius 1 is 1.03 bits per heavy atom. The maximum Gasteiger partial charge on any atom is 0.329 e. The van der Waals surface area contributed by atoms with Crippen molar-refractivity contribution in [3.8, 4) is 16.9 Å². The number of allylic oxidation sites excluding steroid dienone is 1. The van der Waals surface area contributed by atoms with Gasteiger partial charge in [0.25, 0.3) is 11.5 Å². The number of aromatic amines is 1. The van der Waals surface area contributed by atoms with Crippen LogP contribution >= 0.6 is 50.7 Å². The Kier molecular flexibility index (Phi) is 7.28. The molecule has 1 aliphatic heterocycles. The summed E-state index contributed by atoms with van der Waals surface area (Å²) in [5.41, 5.74) is 1.81. The molecule has 2 aromatic carbocycles. The fourth-order valence-corrected chi connectivity index (χ4v) is 4.99. The maximum absolute atomic E-state index is 13.6. The summed E-state index contributed by atoms with van der Waals surface area (Å²) in [7, 11) is 0. The van der Waals surface area contributed by atoms with E-state index in [1.807, 2.05) is 13.8 Å². The van der Waals surface area contributed by atoms with Crippen LogP contribution in [0.1, 0.15) is 19.4 Å². The van der Waals surface area contributed by atoms with Gasteiger partial charge in [-0.2, -0.15) is 0 Å². The van der Waals surface area contributed by atoms with E-state index in [1.54, 1.807) is 42.5 Å². The van der Waals surface area contributed by atoms with Gasteiger partial charge in [-0.3, -0.25) is 19.6 Å². The molecular formula is C24H18BrCl3N4O3. The first-order chi connectivity index (χ1) is 16.6. The van der Waals surface area contributed by atoms with Crippen LogP contribution < -0.4 is 10.9 Å². The van der Waals surface area contributed by atoms with Gasteiger partial charge in [0, 0.05) is 21.6 Å². The topological polar surface area (TPSA) is 87.2 Å². The molecule has 1 fully saturated rings. The third-order valence-corrected chi connectivity index (χ3v) is 6.48.